The Kier molecular flexibility index (Phi) is 8.50. The summed E-state index contributed by atoms with van der Waals surface area (Å²) in [6.45, 7) is 10.1. The van der Waals surface area contributed by atoms with Gasteiger partial charge in [-0.3, -0.25) is 9.36 Å². The van der Waals surface area contributed by atoms with Crippen LogP contribution in [-0.4, -0.2) is 41.4 Å². The molecule has 0 saturated carbocycles. The summed E-state index contributed by atoms with van der Waals surface area (Å²) in [5.41, 5.74) is 5.27. The Balaban J connectivity index is 1.65. The summed E-state index contributed by atoms with van der Waals surface area (Å²) in [7, 11) is 1.35. The highest BCUT2D eigenvalue weighted by atomic mass is 32.1. The minimum atomic E-state index is -0.707. The van der Waals surface area contributed by atoms with Crippen molar-refractivity contribution < 1.29 is 23.8 Å². The molecule has 0 bridgehead atoms. The first kappa shape index (κ1) is 29.8. The van der Waals surface area contributed by atoms with E-state index in [1.54, 1.807) is 30.5 Å². The van der Waals surface area contributed by atoms with E-state index in [0.717, 1.165) is 28.2 Å². The molecule has 9 nitrogen and oxygen atoms in total. The quantitative estimate of drug-likeness (QED) is 0.279. The Hall–Kier alpha value is -4.70. The number of carbonyl (C=O) groups is 2. The largest absolute Gasteiger partial charge is 0.494 e. The van der Waals surface area contributed by atoms with E-state index in [4.69, 9.17) is 14.2 Å². The van der Waals surface area contributed by atoms with Gasteiger partial charge in [0.05, 0.1) is 47.7 Å². The molecule has 1 aliphatic heterocycles. The van der Waals surface area contributed by atoms with Crippen LogP contribution in [-0.2, 0) is 14.3 Å². The number of fused-ring (bicyclic) bond motifs is 1. The highest BCUT2D eigenvalue weighted by molar-refractivity contribution is 7.07. The van der Waals surface area contributed by atoms with Gasteiger partial charge in [-0.15, -0.1) is 0 Å². The number of allylic oxidation sites excluding steroid dienone is 1. The molecule has 0 amide bonds. The molecule has 1 aliphatic rings. The van der Waals surface area contributed by atoms with Crippen LogP contribution in [0.5, 0.6) is 5.75 Å². The zero-order valence-corrected chi connectivity index (χ0v) is 25.8. The minimum absolute atomic E-state index is 0.203. The van der Waals surface area contributed by atoms with Crippen LogP contribution in [0.15, 0.2) is 75.7 Å². The Labute approximate surface area is 253 Å². The van der Waals surface area contributed by atoms with Crippen LogP contribution in [0.1, 0.15) is 59.7 Å². The number of hydrogen-bond acceptors (Lipinski definition) is 8. The molecule has 4 aromatic rings. The van der Waals surface area contributed by atoms with E-state index in [-0.39, 0.29) is 12.2 Å². The first-order chi connectivity index (χ1) is 20.7. The highest BCUT2D eigenvalue weighted by Crippen LogP contribution is 2.32. The zero-order valence-electron chi connectivity index (χ0n) is 25.0. The zero-order chi connectivity index (χ0) is 30.8. The summed E-state index contributed by atoms with van der Waals surface area (Å²) in [5, 5.41) is 0. The van der Waals surface area contributed by atoms with Crippen molar-refractivity contribution in [3.8, 4) is 11.4 Å². The van der Waals surface area contributed by atoms with Crippen molar-refractivity contribution in [2.45, 2.75) is 40.7 Å². The van der Waals surface area contributed by atoms with Crippen LogP contribution in [0.25, 0.3) is 11.8 Å². The van der Waals surface area contributed by atoms with Gasteiger partial charge < -0.3 is 18.8 Å². The van der Waals surface area contributed by atoms with Gasteiger partial charge in [0.25, 0.3) is 5.56 Å². The van der Waals surface area contributed by atoms with E-state index >= 15 is 0 Å². The van der Waals surface area contributed by atoms with Crippen molar-refractivity contribution in [1.29, 1.82) is 0 Å². The van der Waals surface area contributed by atoms with E-state index in [9.17, 15) is 14.4 Å². The molecule has 43 heavy (non-hydrogen) atoms. The van der Waals surface area contributed by atoms with Gasteiger partial charge >= 0.3 is 11.9 Å². The Morgan fingerprint density at radius 1 is 1.00 bits per heavy atom. The molecule has 222 valence electrons. The maximum atomic E-state index is 14.1. The van der Waals surface area contributed by atoms with Gasteiger partial charge in [0.2, 0.25) is 0 Å². The summed E-state index contributed by atoms with van der Waals surface area (Å²) < 4.78 is 20.0. The molecule has 3 heterocycles. The van der Waals surface area contributed by atoms with Gasteiger partial charge in [-0.25, -0.2) is 14.6 Å². The number of nitrogens with zero attached hydrogens (tertiary/aromatic N) is 3. The van der Waals surface area contributed by atoms with Crippen LogP contribution in [0.4, 0.5) is 0 Å². The number of rotatable bonds is 8. The van der Waals surface area contributed by atoms with E-state index in [1.807, 2.05) is 73.9 Å². The fourth-order valence-corrected chi connectivity index (χ4v) is 6.42. The normalized spacial score (nSPS) is 14.7. The predicted octanol–water partition coefficient (Wildman–Crippen LogP) is 4.39. The van der Waals surface area contributed by atoms with Crippen molar-refractivity contribution in [3.63, 3.8) is 0 Å². The van der Waals surface area contributed by atoms with Gasteiger partial charge in [0, 0.05) is 17.1 Å². The molecular formula is C33H33N3O6S. The number of benzene rings is 2. The summed E-state index contributed by atoms with van der Waals surface area (Å²) in [6.07, 6.45) is 1.85. The van der Waals surface area contributed by atoms with Crippen molar-refractivity contribution in [2.24, 2.45) is 4.99 Å². The molecule has 0 N–H and O–H groups in total. The monoisotopic (exact) mass is 599 g/mol. The summed E-state index contributed by atoms with van der Waals surface area (Å²) in [6, 6.07) is 15.9. The third-order valence-corrected chi connectivity index (χ3v) is 8.29. The number of hydrogen-bond donors (Lipinski definition) is 0. The van der Waals surface area contributed by atoms with Crippen molar-refractivity contribution in [2.75, 3.05) is 20.3 Å². The summed E-state index contributed by atoms with van der Waals surface area (Å²) >= 11 is 1.27. The molecule has 2 aromatic heterocycles. The second-order valence-corrected chi connectivity index (χ2v) is 11.0. The third-order valence-electron chi connectivity index (χ3n) is 7.31. The fraction of sp³-hybridized carbons (Fsp3) is 0.273. The molecule has 1 unspecified atom stereocenters. The molecule has 0 radical (unpaired) electrons. The molecule has 2 aromatic carbocycles. The van der Waals surface area contributed by atoms with Crippen LogP contribution < -0.4 is 19.6 Å². The van der Waals surface area contributed by atoms with Crippen molar-refractivity contribution >= 4 is 29.4 Å². The van der Waals surface area contributed by atoms with Gasteiger partial charge in [-0.1, -0.05) is 29.5 Å². The number of aryl methyl sites for hydroxylation is 1. The van der Waals surface area contributed by atoms with Gasteiger partial charge in [-0.05, 0) is 88.2 Å². The molecular weight excluding hydrogens is 566 g/mol. The average molecular weight is 600 g/mol. The van der Waals surface area contributed by atoms with Gasteiger partial charge in [-0.2, -0.15) is 0 Å². The molecule has 0 aliphatic carbocycles. The second kappa shape index (κ2) is 12.3. The van der Waals surface area contributed by atoms with Crippen LogP contribution in [0.2, 0.25) is 0 Å². The smallest absolute Gasteiger partial charge is 0.338 e. The van der Waals surface area contributed by atoms with Gasteiger partial charge in [0.15, 0.2) is 4.80 Å². The van der Waals surface area contributed by atoms with E-state index in [2.05, 4.69) is 4.99 Å². The number of aromatic nitrogens is 2. The van der Waals surface area contributed by atoms with E-state index in [1.165, 1.54) is 18.4 Å². The maximum Gasteiger partial charge on any atom is 0.338 e. The van der Waals surface area contributed by atoms with Gasteiger partial charge in [0.1, 0.15) is 5.75 Å². The lowest BCUT2D eigenvalue weighted by Crippen LogP contribution is -2.39. The van der Waals surface area contributed by atoms with Crippen LogP contribution in [0, 0.1) is 13.8 Å². The fourth-order valence-electron chi connectivity index (χ4n) is 5.38. The van der Waals surface area contributed by atoms with Crippen LogP contribution >= 0.6 is 11.3 Å². The van der Waals surface area contributed by atoms with Crippen molar-refractivity contribution in [1.82, 2.24) is 9.13 Å². The summed E-state index contributed by atoms with van der Waals surface area (Å²) in [4.78, 5) is 44.5. The Morgan fingerprint density at radius 3 is 2.42 bits per heavy atom. The number of thiazole rings is 1. The molecule has 0 spiro atoms. The number of esters is 2. The number of methoxy groups -OCH3 is 1. The Morgan fingerprint density at radius 2 is 1.74 bits per heavy atom. The maximum absolute atomic E-state index is 14.1. The third kappa shape index (κ3) is 5.58. The lowest BCUT2D eigenvalue weighted by molar-refractivity contribution is -0.139. The molecule has 0 saturated heterocycles. The van der Waals surface area contributed by atoms with E-state index < -0.39 is 18.0 Å². The van der Waals surface area contributed by atoms with E-state index in [0.29, 0.717) is 38.5 Å². The lowest BCUT2D eigenvalue weighted by Gasteiger charge is -2.24. The average Bonchev–Trinajstić information content (AvgIpc) is 3.45. The SMILES string of the molecule is CCOC(=O)C1=C(C)N=c2s/c(=C\c3cc(C)n(-c4cccc(C(=O)OC)c4)c3C)c(=O)n2C1c1ccc(OCC)cc1. The molecule has 10 heteroatoms. The first-order valence-electron chi connectivity index (χ1n) is 14.0. The predicted molar refractivity (Wildman–Crippen MR) is 165 cm³/mol. The molecule has 0 fully saturated rings. The minimum Gasteiger partial charge on any atom is -0.494 e. The Bertz CT molecular complexity index is 1930. The summed E-state index contributed by atoms with van der Waals surface area (Å²) in [5.74, 6) is -0.218. The van der Waals surface area contributed by atoms with Crippen molar-refractivity contribution in [3.05, 3.63) is 114 Å². The lowest BCUT2D eigenvalue weighted by atomic mass is 9.96. The topological polar surface area (TPSA) is 101 Å². The standard InChI is InChI=1S/C33H33N3O6S/c1-7-41-26-14-12-22(13-15-26)29-28(32(39)42-8-2)20(4)34-33-36(29)30(37)27(43-33)18-24-16-19(3)35(21(24)5)25-11-9-10-23(17-25)31(38)40-6/h9-18,29H,7-8H2,1-6H3/b27-18-. The molecule has 1 atom stereocenters. The number of ether oxygens (including phenoxy) is 3. The second-order valence-electron chi connectivity index (χ2n) is 10.0. The highest BCUT2D eigenvalue weighted by Gasteiger charge is 2.33. The molecule has 5 rings (SSSR count). The van der Waals surface area contributed by atoms with Crippen LogP contribution in [0.3, 0.4) is 0 Å². The number of carbonyl (C=O) groups excluding carboxylic acids is 2. The first-order valence-corrected chi connectivity index (χ1v) is 14.8.